The first kappa shape index (κ1) is 29.1. The first-order chi connectivity index (χ1) is 14.4. The predicted octanol–water partition coefficient (Wildman–Crippen LogP) is 7.99. The number of nitrogens with zero attached hydrogens (tertiary/aromatic N) is 1. The molecule has 0 aromatic heterocycles. The Balaban J connectivity index is 0.00000841. The lowest BCUT2D eigenvalue weighted by atomic mass is 10.0. The SMILES string of the molecule is CCN(CC)CCCCCCCCCCCCCCCCCCc1ccccc1.O. The van der Waals surface area contributed by atoms with Crippen molar-refractivity contribution < 1.29 is 5.48 Å². The molecular weight excluding hydrogens is 366 g/mol. The van der Waals surface area contributed by atoms with Gasteiger partial charge in [-0.15, -0.1) is 0 Å². The van der Waals surface area contributed by atoms with Crippen LogP contribution in [0.1, 0.15) is 122 Å². The minimum Gasteiger partial charge on any atom is -0.412 e. The summed E-state index contributed by atoms with van der Waals surface area (Å²) in [5.74, 6) is 0. The van der Waals surface area contributed by atoms with Crippen LogP contribution in [-0.4, -0.2) is 30.0 Å². The van der Waals surface area contributed by atoms with E-state index in [1.165, 1.54) is 134 Å². The van der Waals surface area contributed by atoms with Crippen molar-refractivity contribution in [1.29, 1.82) is 0 Å². The molecule has 1 aromatic carbocycles. The number of hydrogen-bond donors (Lipinski definition) is 0. The molecule has 0 aliphatic carbocycles. The van der Waals surface area contributed by atoms with Crippen LogP contribution < -0.4 is 0 Å². The molecule has 0 saturated heterocycles. The quantitative estimate of drug-likeness (QED) is 0.186. The highest BCUT2D eigenvalue weighted by molar-refractivity contribution is 5.14. The number of aryl methyl sites for hydroxylation is 1. The summed E-state index contributed by atoms with van der Waals surface area (Å²) in [6.07, 6.45) is 24.4. The molecule has 1 rings (SSSR count). The van der Waals surface area contributed by atoms with E-state index < -0.39 is 0 Å². The molecule has 0 aliphatic heterocycles. The van der Waals surface area contributed by atoms with Crippen LogP contribution in [0.25, 0.3) is 0 Å². The Bertz CT molecular complexity index is 430. The molecule has 0 aliphatic rings. The van der Waals surface area contributed by atoms with E-state index in [2.05, 4.69) is 49.1 Å². The summed E-state index contributed by atoms with van der Waals surface area (Å²) >= 11 is 0. The molecule has 0 heterocycles. The molecule has 0 spiro atoms. The highest BCUT2D eigenvalue weighted by atomic mass is 16.0. The van der Waals surface area contributed by atoms with Gasteiger partial charge in [0.2, 0.25) is 0 Å². The van der Waals surface area contributed by atoms with E-state index in [4.69, 9.17) is 0 Å². The van der Waals surface area contributed by atoms with Crippen molar-refractivity contribution in [3.8, 4) is 0 Å². The zero-order valence-corrected chi connectivity index (χ0v) is 20.5. The molecule has 0 unspecified atom stereocenters. The standard InChI is InChI=1S/C28H51N.H2O/c1-3-29(4-2)27-23-18-16-14-12-10-8-6-5-7-9-11-13-15-17-20-24-28-25-21-19-22-26-28;/h19,21-22,25-26H,3-18,20,23-24,27H2,1-2H3;1H2. The van der Waals surface area contributed by atoms with Gasteiger partial charge in [-0.3, -0.25) is 0 Å². The smallest absolute Gasteiger partial charge is 0.00190 e. The Hall–Kier alpha value is -0.860. The van der Waals surface area contributed by atoms with E-state index in [1.54, 1.807) is 0 Å². The first-order valence-corrected chi connectivity index (χ1v) is 13.1. The second kappa shape index (κ2) is 22.8. The zero-order chi connectivity index (χ0) is 20.8. The molecular formula is C28H53NO. The minimum atomic E-state index is 0. The summed E-state index contributed by atoms with van der Waals surface area (Å²) in [5.41, 5.74) is 1.50. The van der Waals surface area contributed by atoms with Crippen LogP contribution in [-0.2, 0) is 6.42 Å². The molecule has 0 atom stereocenters. The van der Waals surface area contributed by atoms with Gasteiger partial charge >= 0.3 is 0 Å². The Labute approximate surface area is 189 Å². The van der Waals surface area contributed by atoms with Gasteiger partial charge in [0.15, 0.2) is 0 Å². The van der Waals surface area contributed by atoms with E-state index in [-0.39, 0.29) is 5.48 Å². The number of rotatable bonds is 21. The normalized spacial score (nSPS) is 11.0. The van der Waals surface area contributed by atoms with E-state index >= 15 is 0 Å². The van der Waals surface area contributed by atoms with Gasteiger partial charge in [-0.25, -0.2) is 0 Å². The van der Waals surface area contributed by atoms with Crippen molar-refractivity contribution in [2.75, 3.05) is 19.6 Å². The maximum absolute atomic E-state index is 2.55. The lowest BCUT2D eigenvalue weighted by Gasteiger charge is -2.17. The molecule has 1 aromatic rings. The fraction of sp³-hybridized carbons (Fsp3) is 0.786. The van der Waals surface area contributed by atoms with Crippen molar-refractivity contribution in [3.05, 3.63) is 35.9 Å². The summed E-state index contributed by atoms with van der Waals surface area (Å²) < 4.78 is 0. The van der Waals surface area contributed by atoms with Crippen LogP contribution in [0, 0.1) is 0 Å². The van der Waals surface area contributed by atoms with Gasteiger partial charge in [-0.1, -0.05) is 134 Å². The largest absolute Gasteiger partial charge is 0.412 e. The summed E-state index contributed by atoms with van der Waals surface area (Å²) in [7, 11) is 0. The Kier molecular flexibility index (Phi) is 22.2. The molecule has 2 nitrogen and oxygen atoms in total. The molecule has 2 N–H and O–H groups in total. The highest BCUT2D eigenvalue weighted by Gasteiger charge is 1.98. The summed E-state index contributed by atoms with van der Waals surface area (Å²) in [5, 5.41) is 0. The van der Waals surface area contributed by atoms with Gasteiger partial charge < -0.3 is 10.4 Å². The van der Waals surface area contributed by atoms with Crippen LogP contribution in [0.3, 0.4) is 0 Å². The van der Waals surface area contributed by atoms with Crippen molar-refractivity contribution in [1.82, 2.24) is 4.90 Å². The molecule has 0 saturated carbocycles. The lowest BCUT2D eigenvalue weighted by molar-refractivity contribution is 0.295. The van der Waals surface area contributed by atoms with Crippen LogP contribution in [0.2, 0.25) is 0 Å². The van der Waals surface area contributed by atoms with Gasteiger partial charge in [-0.2, -0.15) is 0 Å². The third kappa shape index (κ3) is 18.0. The molecule has 0 bridgehead atoms. The Morgan fingerprint density at radius 1 is 0.500 bits per heavy atom. The molecule has 176 valence electrons. The average molecular weight is 420 g/mol. The van der Waals surface area contributed by atoms with Crippen LogP contribution >= 0.6 is 0 Å². The predicted molar refractivity (Wildman–Crippen MR) is 135 cm³/mol. The maximum Gasteiger partial charge on any atom is -0.00190 e. The van der Waals surface area contributed by atoms with Crippen molar-refractivity contribution >= 4 is 0 Å². The molecule has 30 heavy (non-hydrogen) atoms. The van der Waals surface area contributed by atoms with E-state index in [1.807, 2.05) is 0 Å². The summed E-state index contributed by atoms with van der Waals surface area (Å²) in [6.45, 7) is 8.28. The maximum atomic E-state index is 2.55. The Morgan fingerprint density at radius 3 is 1.27 bits per heavy atom. The summed E-state index contributed by atoms with van der Waals surface area (Å²) in [6, 6.07) is 10.9. The molecule has 0 amide bonds. The van der Waals surface area contributed by atoms with Gasteiger partial charge in [0.05, 0.1) is 0 Å². The second-order valence-corrected chi connectivity index (χ2v) is 8.92. The van der Waals surface area contributed by atoms with Gasteiger partial charge in [0.1, 0.15) is 0 Å². The number of hydrogen-bond acceptors (Lipinski definition) is 1. The fourth-order valence-electron chi connectivity index (χ4n) is 4.32. The van der Waals surface area contributed by atoms with Gasteiger partial charge in [0, 0.05) is 0 Å². The van der Waals surface area contributed by atoms with Gasteiger partial charge in [0.25, 0.3) is 0 Å². The highest BCUT2D eigenvalue weighted by Crippen LogP contribution is 2.14. The molecule has 0 fully saturated rings. The Morgan fingerprint density at radius 2 is 0.867 bits per heavy atom. The van der Waals surface area contributed by atoms with Gasteiger partial charge in [-0.05, 0) is 44.5 Å². The number of benzene rings is 1. The van der Waals surface area contributed by atoms with Crippen LogP contribution in [0.15, 0.2) is 30.3 Å². The number of unbranched alkanes of at least 4 members (excludes halogenated alkanes) is 15. The second-order valence-electron chi connectivity index (χ2n) is 8.92. The lowest BCUT2D eigenvalue weighted by Crippen LogP contribution is -2.23. The van der Waals surface area contributed by atoms with E-state index in [0.717, 1.165) is 0 Å². The minimum absolute atomic E-state index is 0. The van der Waals surface area contributed by atoms with Crippen LogP contribution in [0.5, 0.6) is 0 Å². The fourth-order valence-corrected chi connectivity index (χ4v) is 4.32. The summed E-state index contributed by atoms with van der Waals surface area (Å²) in [4.78, 5) is 2.55. The monoisotopic (exact) mass is 419 g/mol. The molecule has 2 heteroatoms. The topological polar surface area (TPSA) is 34.7 Å². The van der Waals surface area contributed by atoms with E-state index in [0.29, 0.717) is 0 Å². The van der Waals surface area contributed by atoms with E-state index in [9.17, 15) is 0 Å². The third-order valence-electron chi connectivity index (χ3n) is 6.43. The van der Waals surface area contributed by atoms with Crippen LogP contribution in [0.4, 0.5) is 0 Å². The third-order valence-corrected chi connectivity index (χ3v) is 6.43. The first-order valence-electron chi connectivity index (χ1n) is 13.1. The average Bonchev–Trinajstić information content (AvgIpc) is 2.76. The zero-order valence-electron chi connectivity index (χ0n) is 20.5. The van der Waals surface area contributed by atoms with Crippen molar-refractivity contribution in [3.63, 3.8) is 0 Å². The molecule has 0 radical (unpaired) electrons. The van der Waals surface area contributed by atoms with Crippen molar-refractivity contribution in [2.24, 2.45) is 0 Å². The van der Waals surface area contributed by atoms with Crippen molar-refractivity contribution in [2.45, 2.75) is 123 Å².